The first-order chi connectivity index (χ1) is 15.0. The fourth-order valence-electron chi connectivity index (χ4n) is 4.87. The Morgan fingerprint density at radius 2 is 1.94 bits per heavy atom. The van der Waals surface area contributed by atoms with Crippen molar-refractivity contribution in [2.45, 2.75) is 18.2 Å². The van der Waals surface area contributed by atoms with Gasteiger partial charge in [0, 0.05) is 12.2 Å². The average Bonchev–Trinajstić information content (AvgIpc) is 3.46. The molecule has 0 unspecified atom stereocenters. The Bertz CT molecular complexity index is 1050. The lowest BCUT2D eigenvalue weighted by molar-refractivity contribution is -0.132. The van der Waals surface area contributed by atoms with Crippen molar-refractivity contribution < 1.29 is 23.8 Å². The van der Waals surface area contributed by atoms with Crippen LogP contribution in [-0.2, 0) is 20.9 Å². The first-order valence-corrected chi connectivity index (χ1v) is 10.3. The molecule has 2 saturated heterocycles. The van der Waals surface area contributed by atoms with E-state index < -0.39 is 17.4 Å². The number of amides is 2. The molecule has 31 heavy (non-hydrogen) atoms. The molecule has 0 aromatic heterocycles. The van der Waals surface area contributed by atoms with Crippen molar-refractivity contribution in [2.24, 2.45) is 11.8 Å². The average molecular weight is 420 g/mol. The fraction of sp³-hybridized carbons (Fsp3) is 0.333. The van der Waals surface area contributed by atoms with Crippen LogP contribution in [-0.4, -0.2) is 44.3 Å². The van der Waals surface area contributed by atoms with Gasteiger partial charge in [0.2, 0.25) is 11.8 Å². The Labute approximate surface area is 180 Å². The molecule has 2 fully saturated rings. The zero-order valence-corrected chi connectivity index (χ0v) is 17.4. The highest BCUT2D eigenvalue weighted by atomic mass is 16.5. The Morgan fingerprint density at radius 1 is 1.16 bits per heavy atom. The monoisotopic (exact) mass is 420 g/mol. The molecule has 2 aromatic rings. The van der Waals surface area contributed by atoms with Crippen LogP contribution in [0.4, 0.5) is 5.69 Å². The van der Waals surface area contributed by atoms with Gasteiger partial charge in [0.15, 0.2) is 0 Å². The summed E-state index contributed by atoms with van der Waals surface area (Å²) in [5.41, 5.74) is 0.949. The SMILES string of the molecule is COc1ccc(N2C[C@@]34C=C[C@@H](O3)[C@H](C(=O)NCc3cccc(OC)c3)[C@@H]4C2=O)cc1. The van der Waals surface area contributed by atoms with Gasteiger partial charge in [-0.15, -0.1) is 0 Å². The van der Waals surface area contributed by atoms with Crippen molar-refractivity contribution in [3.63, 3.8) is 0 Å². The largest absolute Gasteiger partial charge is 0.497 e. The first-order valence-electron chi connectivity index (χ1n) is 10.3. The number of ether oxygens (including phenoxy) is 3. The maximum Gasteiger partial charge on any atom is 0.234 e. The van der Waals surface area contributed by atoms with E-state index in [1.807, 2.05) is 60.7 Å². The number of carbonyl (C=O) groups excluding carboxylic acids is 2. The molecule has 1 spiro atoms. The molecular formula is C24H24N2O5. The molecule has 1 N–H and O–H groups in total. The lowest BCUT2D eigenvalue weighted by Crippen LogP contribution is -2.43. The van der Waals surface area contributed by atoms with E-state index in [-0.39, 0.29) is 17.9 Å². The second-order valence-electron chi connectivity index (χ2n) is 8.09. The number of nitrogens with zero attached hydrogens (tertiary/aromatic N) is 1. The summed E-state index contributed by atoms with van der Waals surface area (Å²) in [7, 11) is 3.21. The number of anilines is 1. The minimum atomic E-state index is -0.750. The first kappa shape index (κ1) is 19.6. The van der Waals surface area contributed by atoms with E-state index in [0.717, 1.165) is 22.7 Å². The van der Waals surface area contributed by atoms with Gasteiger partial charge in [-0.25, -0.2) is 0 Å². The maximum absolute atomic E-state index is 13.4. The number of nitrogens with one attached hydrogen (secondary N) is 1. The number of rotatable bonds is 6. The summed E-state index contributed by atoms with van der Waals surface area (Å²) in [6.07, 6.45) is 3.49. The molecule has 2 amide bonds. The van der Waals surface area contributed by atoms with E-state index >= 15 is 0 Å². The minimum absolute atomic E-state index is 0.0847. The van der Waals surface area contributed by atoms with Crippen LogP contribution in [0, 0.1) is 11.8 Å². The molecule has 4 atom stereocenters. The number of fused-ring (bicyclic) bond motifs is 1. The van der Waals surface area contributed by atoms with Crippen molar-refractivity contribution in [1.29, 1.82) is 0 Å². The van der Waals surface area contributed by atoms with Gasteiger partial charge in [-0.05, 0) is 42.0 Å². The fourth-order valence-corrected chi connectivity index (χ4v) is 4.87. The smallest absolute Gasteiger partial charge is 0.234 e. The van der Waals surface area contributed by atoms with Crippen molar-refractivity contribution in [2.75, 3.05) is 25.7 Å². The molecule has 160 valence electrons. The summed E-state index contributed by atoms with van der Waals surface area (Å²) >= 11 is 0. The summed E-state index contributed by atoms with van der Waals surface area (Å²) < 4.78 is 16.6. The van der Waals surface area contributed by atoms with Crippen molar-refractivity contribution >= 4 is 17.5 Å². The van der Waals surface area contributed by atoms with Gasteiger partial charge in [-0.2, -0.15) is 0 Å². The third-order valence-corrected chi connectivity index (χ3v) is 6.39. The van der Waals surface area contributed by atoms with Crippen LogP contribution >= 0.6 is 0 Å². The van der Waals surface area contributed by atoms with Crippen molar-refractivity contribution in [1.82, 2.24) is 5.32 Å². The molecular weight excluding hydrogens is 396 g/mol. The van der Waals surface area contributed by atoms with Crippen LogP contribution in [0.5, 0.6) is 11.5 Å². The number of hydrogen-bond acceptors (Lipinski definition) is 5. The summed E-state index contributed by atoms with van der Waals surface area (Å²) in [4.78, 5) is 28.2. The second-order valence-corrected chi connectivity index (χ2v) is 8.09. The van der Waals surface area contributed by atoms with Gasteiger partial charge in [-0.3, -0.25) is 9.59 Å². The lowest BCUT2D eigenvalue weighted by atomic mass is 9.77. The highest BCUT2D eigenvalue weighted by Crippen LogP contribution is 2.52. The Hall–Kier alpha value is -3.32. The maximum atomic E-state index is 13.4. The zero-order chi connectivity index (χ0) is 21.6. The van der Waals surface area contributed by atoms with E-state index in [1.165, 1.54) is 0 Å². The van der Waals surface area contributed by atoms with Crippen LogP contribution < -0.4 is 19.7 Å². The summed E-state index contributed by atoms with van der Waals surface area (Å²) in [6.45, 7) is 0.758. The molecule has 7 nitrogen and oxygen atoms in total. The molecule has 0 saturated carbocycles. The number of carbonyl (C=O) groups is 2. The zero-order valence-electron chi connectivity index (χ0n) is 17.4. The molecule has 5 rings (SSSR count). The van der Waals surface area contributed by atoms with Crippen LogP contribution in [0.25, 0.3) is 0 Å². The normalized spacial score (nSPS) is 28.0. The van der Waals surface area contributed by atoms with Crippen molar-refractivity contribution in [3.05, 3.63) is 66.2 Å². The number of benzene rings is 2. The Morgan fingerprint density at radius 3 is 2.68 bits per heavy atom. The Kier molecular flexibility index (Phi) is 4.70. The summed E-state index contributed by atoms with van der Waals surface area (Å²) in [5, 5.41) is 2.98. The van der Waals surface area contributed by atoms with Gasteiger partial charge in [0.05, 0.1) is 38.7 Å². The second kappa shape index (κ2) is 7.42. The van der Waals surface area contributed by atoms with Gasteiger partial charge in [0.1, 0.15) is 17.1 Å². The molecule has 0 radical (unpaired) electrons. The molecule has 3 aliphatic rings. The molecule has 2 aromatic carbocycles. The van der Waals surface area contributed by atoms with E-state index in [2.05, 4.69) is 5.32 Å². The van der Waals surface area contributed by atoms with Gasteiger partial charge >= 0.3 is 0 Å². The van der Waals surface area contributed by atoms with E-state index in [9.17, 15) is 9.59 Å². The predicted molar refractivity (Wildman–Crippen MR) is 114 cm³/mol. The summed E-state index contributed by atoms with van der Waals surface area (Å²) in [6, 6.07) is 14.9. The van der Waals surface area contributed by atoms with E-state index in [0.29, 0.717) is 13.1 Å². The quantitative estimate of drug-likeness (QED) is 0.726. The van der Waals surface area contributed by atoms with Crippen LogP contribution in [0.15, 0.2) is 60.7 Å². The van der Waals surface area contributed by atoms with Crippen LogP contribution in [0.1, 0.15) is 5.56 Å². The molecule has 7 heteroatoms. The standard InChI is InChI=1S/C24H24N2O5/c1-29-17-8-6-16(7-9-17)26-14-24-11-10-19(31-24)20(21(24)23(26)28)22(27)25-13-15-4-3-5-18(12-15)30-2/h3-12,19-21H,13-14H2,1-2H3,(H,25,27)/t19-,20+,21-,24-/m1/s1. The van der Waals surface area contributed by atoms with Crippen LogP contribution in [0.3, 0.4) is 0 Å². The van der Waals surface area contributed by atoms with Crippen LogP contribution in [0.2, 0.25) is 0 Å². The minimum Gasteiger partial charge on any atom is -0.497 e. The highest BCUT2D eigenvalue weighted by Gasteiger charge is 2.67. The molecule has 0 aliphatic carbocycles. The highest BCUT2D eigenvalue weighted by molar-refractivity contribution is 6.03. The predicted octanol–water partition coefficient (Wildman–Crippen LogP) is 2.31. The topological polar surface area (TPSA) is 77.1 Å². The third-order valence-electron chi connectivity index (χ3n) is 6.39. The van der Waals surface area contributed by atoms with Gasteiger partial charge in [-0.1, -0.05) is 24.3 Å². The van der Waals surface area contributed by atoms with E-state index in [1.54, 1.807) is 19.1 Å². The lowest BCUT2D eigenvalue weighted by Gasteiger charge is -2.23. The summed E-state index contributed by atoms with van der Waals surface area (Å²) in [5.74, 6) is 0.118. The van der Waals surface area contributed by atoms with Crippen molar-refractivity contribution in [3.8, 4) is 11.5 Å². The molecule has 2 bridgehead atoms. The molecule has 3 heterocycles. The molecule has 3 aliphatic heterocycles. The van der Waals surface area contributed by atoms with E-state index in [4.69, 9.17) is 14.2 Å². The van der Waals surface area contributed by atoms with Gasteiger partial charge < -0.3 is 24.4 Å². The number of methoxy groups -OCH3 is 2. The third kappa shape index (κ3) is 3.16. The number of hydrogen-bond donors (Lipinski definition) is 1. The van der Waals surface area contributed by atoms with Gasteiger partial charge in [0.25, 0.3) is 0 Å². The Balaban J connectivity index is 1.34.